The van der Waals surface area contributed by atoms with E-state index >= 15 is 0 Å². The highest BCUT2D eigenvalue weighted by atomic mass is 35.5. The molecule has 5 rings (SSSR count). The number of methoxy groups -OCH3 is 2. The molecule has 0 bridgehead atoms. The normalized spacial score (nSPS) is 28.0. The second kappa shape index (κ2) is 6.50. The van der Waals surface area contributed by atoms with Gasteiger partial charge in [0, 0.05) is 19.6 Å². The summed E-state index contributed by atoms with van der Waals surface area (Å²) in [5, 5.41) is -1.25. The minimum absolute atomic E-state index is 0.135. The predicted octanol–water partition coefficient (Wildman–Crippen LogP) is 2.83. The zero-order valence-electron chi connectivity index (χ0n) is 16.2. The number of anilines is 1. The number of sulfonamides is 1. The van der Waals surface area contributed by atoms with E-state index in [1.807, 2.05) is 40.1 Å². The molecule has 2 fully saturated rings. The van der Waals surface area contributed by atoms with Crippen LogP contribution in [0.4, 0.5) is 5.69 Å². The van der Waals surface area contributed by atoms with Crippen LogP contribution in [0.5, 0.6) is 11.5 Å². The first-order chi connectivity index (χ1) is 13.9. The van der Waals surface area contributed by atoms with Gasteiger partial charge in [-0.05, 0) is 36.2 Å². The Bertz CT molecular complexity index is 1080. The number of ether oxygens (including phenoxy) is 2. The number of hydrogen-bond donors (Lipinski definition) is 0. The van der Waals surface area contributed by atoms with Gasteiger partial charge in [-0.2, -0.15) is 0 Å². The van der Waals surface area contributed by atoms with Gasteiger partial charge in [0.1, 0.15) is 4.90 Å². The molecular weight excluding hydrogens is 414 g/mol. The molecule has 154 valence electrons. The van der Waals surface area contributed by atoms with Gasteiger partial charge in [0.15, 0.2) is 11.5 Å². The largest absolute Gasteiger partial charge is 0.493 e. The number of hydrogen-bond acceptors (Lipinski definition) is 6. The van der Waals surface area contributed by atoms with Crippen molar-refractivity contribution in [3.8, 4) is 11.5 Å². The lowest BCUT2D eigenvalue weighted by Gasteiger charge is -2.52. The average Bonchev–Trinajstić information content (AvgIpc) is 3.04. The van der Waals surface area contributed by atoms with E-state index in [0.717, 1.165) is 18.5 Å². The van der Waals surface area contributed by atoms with Gasteiger partial charge in [0.25, 0.3) is 0 Å². The molecule has 2 aromatic carbocycles. The quantitative estimate of drug-likeness (QED) is 0.545. The molecule has 0 aromatic heterocycles. The third-order valence-electron chi connectivity index (χ3n) is 6.01. The van der Waals surface area contributed by atoms with Crippen molar-refractivity contribution in [2.24, 2.45) is 0 Å². The summed E-state index contributed by atoms with van der Waals surface area (Å²) in [6, 6.07) is 12.8. The molecule has 0 saturated carbocycles. The Morgan fingerprint density at radius 3 is 2.59 bits per heavy atom. The fourth-order valence-corrected chi connectivity index (χ4v) is 7.23. The highest BCUT2D eigenvalue weighted by Crippen LogP contribution is 2.55. The van der Waals surface area contributed by atoms with Crippen LogP contribution in [0.25, 0.3) is 0 Å². The highest BCUT2D eigenvalue weighted by Gasteiger charge is 2.63. The Morgan fingerprint density at radius 2 is 1.83 bits per heavy atom. The van der Waals surface area contributed by atoms with Crippen molar-refractivity contribution in [2.75, 3.05) is 38.8 Å². The van der Waals surface area contributed by atoms with Crippen molar-refractivity contribution >= 4 is 27.3 Å². The van der Waals surface area contributed by atoms with E-state index in [1.54, 1.807) is 26.4 Å². The van der Waals surface area contributed by atoms with E-state index < -0.39 is 15.3 Å². The van der Waals surface area contributed by atoms with E-state index in [0.29, 0.717) is 35.2 Å². The number of nitrogens with zero attached hydrogens (tertiary/aromatic N) is 3. The van der Waals surface area contributed by atoms with Crippen LogP contribution < -0.4 is 14.4 Å². The maximum atomic E-state index is 13.3. The van der Waals surface area contributed by atoms with E-state index in [2.05, 4.69) is 0 Å². The van der Waals surface area contributed by atoms with Crippen molar-refractivity contribution in [3.63, 3.8) is 0 Å². The summed E-state index contributed by atoms with van der Waals surface area (Å²) in [4.78, 5) is 4.38. The summed E-state index contributed by atoms with van der Waals surface area (Å²) in [5.41, 5.74) is 1.62. The number of halogens is 1. The summed E-state index contributed by atoms with van der Waals surface area (Å²) < 4.78 is 39.0. The molecular formula is C20H22ClN3O4S. The Labute approximate surface area is 175 Å². The molecule has 2 unspecified atom stereocenters. The third-order valence-corrected chi connectivity index (χ3v) is 8.65. The predicted molar refractivity (Wildman–Crippen MR) is 110 cm³/mol. The van der Waals surface area contributed by atoms with Crippen LogP contribution in [0, 0.1) is 0 Å². The molecule has 0 amide bonds. The van der Waals surface area contributed by atoms with Crippen molar-refractivity contribution in [1.29, 1.82) is 0 Å². The number of para-hydroxylation sites is 1. The monoisotopic (exact) mass is 435 g/mol. The van der Waals surface area contributed by atoms with Crippen LogP contribution in [0.1, 0.15) is 18.0 Å². The lowest BCUT2D eigenvalue weighted by Crippen LogP contribution is -2.68. The van der Waals surface area contributed by atoms with E-state index in [1.165, 1.54) is 4.31 Å². The average molecular weight is 436 g/mol. The zero-order chi connectivity index (χ0) is 20.4. The highest BCUT2D eigenvalue weighted by molar-refractivity contribution is 7.89. The Hall–Kier alpha value is -2.00. The van der Waals surface area contributed by atoms with Crippen LogP contribution in [-0.4, -0.2) is 56.7 Å². The van der Waals surface area contributed by atoms with Crippen molar-refractivity contribution in [1.82, 2.24) is 9.21 Å². The summed E-state index contributed by atoms with van der Waals surface area (Å²) >= 11 is 7.17. The number of rotatable bonds is 3. The molecule has 2 aromatic rings. The second-order valence-electron chi connectivity index (χ2n) is 7.40. The molecule has 3 aliphatic rings. The molecule has 0 aliphatic carbocycles. The maximum absolute atomic E-state index is 13.3. The van der Waals surface area contributed by atoms with Gasteiger partial charge in [0.05, 0.1) is 25.9 Å². The van der Waals surface area contributed by atoms with E-state index in [9.17, 15) is 8.42 Å². The molecule has 2 saturated heterocycles. The van der Waals surface area contributed by atoms with Gasteiger partial charge >= 0.3 is 0 Å². The van der Waals surface area contributed by atoms with Gasteiger partial charge in [-0.3, -0.25) is 4.90 Å². The van der Waals surface area contributed by atoms with Crippen molar-refractivity contribution < 1.29 is 17.9 Å². The minimum Gasteiger partial charge on any atom is -0.493 e. The first-order valence-corrected chi connectivity index (χ1v) is 11.3. The van der Waals surface area contributed by atoms with Gasteiger partial charge in [-0.15, -0.1) is 4.31 Å². The van der Waals surface area contributed by atoms with Gasteiger partial charge in [0.2, 0.25) is 15.3 Å². The van der Waals surface area contributed by atoms with Gasteiger partial charge in [-0.25, -0.2) is 8.42 Å². The van der Waals surface area contributed by atoms with Crippen molar-refractivity contribution in [2.45, 2.75) is 22.6 Å². The lowest BCUT2D eigenvalue weighted by molar-refractivity contribution is 0.0608. The molecule has 2 atom stereocenters. The van der Waals surface area contributed by atoms with Gasteiger partial charge < -0.3 is 14.4 Å². The Kier molecular flexibility index (Phi) is 4.26. The summed E-state index contributed by atoms with van der Waals surface area (Å²) in [5.74, 6) is 1.28. The number of benzene rings is 2. The van der Waals surface area contributed by atoms with Crippen LogP contribution in [0.2, 0.25) is 0 Å². The Morgan fingerprint density at radius 1 is 1.07 bits per heavy atom. The lowest BCUT2D eigenvalue weighted by atomic mass is 10.0. The Balaban J connectivity index is 1.72. The minimum atomic E-state index is -3.68. The number of alkyl halides is 1. The van der Waals surface area contributed by atoms with E-state index in [4.69, 9.17) is 21.1 Å². The molecule has 9 heteroatoms. The smallest absolute Gasteiger partial charge is 0.249 e. The molecule has 29 heavy (non-hydrogen) atoms. The summed E-state index contributed by atoms with van der Waals surface area (Å²) in [6.45, 7) is 1.74. The number of fused-ring (bicyclic) bond motifs is 2. The molecule has 3 aliphatic heterocycles. The first kappa shape index (κ1) is 19.0. The van der Waals surface area contributed by atoms with Crippen molar-refractivity contribution in [3.05, 3.63) is 48.0 Å². The molecule has 7 nitrogen and oxygen atoms in total. The molecule has 0 N–H and O–H groups in total. The fourth-order valence-electron chi connectivity index (χ4n) is 4.72. The van der Waals surface area contributed by atoms with Gasteiger partial charge in [-0.1, -0.05) is 29.8 Å². The second-order valence-corrected chi connectivity index (χ2v) is 9.74. The van der Waals surface area contributed by atoms with Crippen LogP contribution >= 0.6 is 11.6 Å². The molecule has 0 radical (unpaired) electrons. The SMILES string of the molecule is COc1ccc(C2CN3CCCN4C3(Cl)N2c2ccccc2S4(=O)=O)cc1OC. The van der Waals surface area contributed by atoms with Crippen LogP contribution in [-0.2, 0) is 10.0 Å². The zero-order valence-corrected chi connectivity index (χ0v) is 17.8. The first-order valence-electron chi connectivity index (χ1n) is 9.50. The standard InChI is InChI=1S/C20H22ClN3O4S/c1-27-17-9-8-14(12-18(17)28-2)16-13-22-10-5-11-23-20(22,21)24(16)15-6-3-4-7-19(15)29(23,25)26/h3-4,6-9,12,16H,5,10-11,13H2,1-2H3. The molecule has 3 heterocycles. The summed E-state index contributed by atoms with van der Waals surface area (Å²) in [7, 11) is -0.477. The molecule has 0 spiro atoms. The fraction of sp³-hybridized carbons (Fsp3) is 0.400. The topological polar surface area (TPSA) is 62.3 Å². The van der Waals surface area contributed by atoms with Crippen LogP contribution in [0.3, 0.4) is 0 Å². The third kappa shape index (κ3) is 2.46. The summed E-state index contributed by atoms with van der Waals surface area (Å²) in [6.07, 6.45) is 0.738. The maximum Gasteiger partial charge on any atom is 0.249 e. The van der Waals surface area contributed by atoms with E-state index in [-0.39, 0.29) is 6.04 Å². The van der Waals surface area contributed by atoms with Crippen LogP contribution in [0.15, 0.2) is 47.4 Å².